The summed E-state index contributed by atoms with van der Waals surface area (Å²) in [5.41, 5.74) is 4.87. The number of thiazole rings is 2. The fourth-order valence-electron chi connectivity index (χ4n) is 4.21. The molecule has 2 aromatic heterocycles. The zero-order chi connectivity index (χ0) is 32.8. The smallest absolute Gasteiger partial charge is 0.367 e. The van der Waals surface area contributed by atoms with E-state index in [4.69, 9.17) is 51.1 Å². The first-order chi connectivity index (χ1) is 22.1. The lowest BCUT2D eigenvalue weighted by atomic mass is 10.1. The summed E-state index contributed by atoms with van der Waals surface area (Å²) in [5.74, 6) is -1.46. The van der Waals surface area contributed by atoms with E-state index in [0.29, 0.717) is 37.4 Å². The Labute approximate surface area is 292 Å². The lowest BCUT2D eigenvalue weighted by Gasteiger charge is -2.03. The number of esters is 1. The molecule has 6 aromatic rings. The van der Waals surface area contributed by atoms with Crippen LogP contribution in [0.4, 0.5) is 0 Å². The molecule has 4 aromatic carbocycles. The second-order valence-electron chi connectivity index (χ2n) is 9.45. The molecule has 0 aliphatic rings. The highest BCUT2D eigenvalue weighted by molar-refractivity contribution is 7.17. The van der Waals surface area contributed by atoms with Gasteiger partial charge in [-0.1, -0.05) is 94.9 Å². The maximum Gasteiger partial charge on any atom is 0.367 e. The number of benzene rings is 4. The molecule has 6 rings (SSSR count). The number of carbonyl (C=O) groups excluding carboxylic acids is 1. The molecule has 0 unspecified atom stereocenters. The van der Waals surface area contributed by atoms with Gasteiger partial charge in [0.25, 0.3) is 0 Å². The van der Waals surface area contributed by atoms with Crippen LogP contribution in [0.15, 0.2) is 97.1 Å². The van der Waals surface area contributed by atoms with E-state index in [9.17, 15) is 14.7 Å². The van der Waals surface area contributed by atoms with Crippen molar-refractivity contribution in [1.29, 1.82) is 0 Å². The van der Waals surface area contributed by atoms with Crippen LogP contribution in [0.25, 0.3) is 43.4 Å². The maximum atomic E-state index is 12.1. The Morgan fingerprint density at radius 1 is 0.587 bits per heavy atom. The van der Waals surface area contributed by atoms with Crippen LogP contribution in [-0.2, 0) is 4.74 Å². The summed E-state index contributed by atoms with van der Waals surface area (Å²) in [6.45, 7) is 2.08. The van der Waals surface area contributed by atoms with Crippen LogP contribution >= 0.6 is 69.1 Å². The summed E-state index contributed by atoms with van der Waals surface area (Å²) in [6, 6.07) is 29.2. The monoisotopic (exact) mass is 726 g/mol. The van der Waals surface area contributed by atoms with Crippen molar-refractivity contribution in [3.8, 4) is 43.4 Å². The summed E-state index contributed by atoms with van der Waals surface area (Å²) < 4.78 is 5.07. The van der Waals surface area contributed by atoms with Crippen LogP contribution in [-0.4, -0.2) is 33.6 Å². The van der Waals surface area contributed by atoms with Gasteiger partial charge in [-0.05, 0) is 66.6 Å². The van der Waals surface area contributed by atoms with Gasteiger partial charge in [-0.2, -0.15) is 0 Å². The number of carboxylic acid groups (broad SMARTS) is 1. The minimum absolute atomic E-state index is 0.0508. The fraction of sp³-hybridized carbons (Fsp3) is 0.0588. The molecule has 0 aliphatic heterocycles. The van der Waals surface area contributed by atoms with Gasteiger partial charge in [0.15, 0.2) is 0 Å². The number of halogens is 4. The Morgan fingerprint density at radius 3 is 1.26 bits per heavy atom. The van der Waals surface area contributed by atoms with Gasteiger partial charge in [0, 0.05) is 31.2 Å². The minimum Gasteiger partial charge on any atom is -0.476 e. The molecule has 0 atom stereocenters. The van der Waals surface area contributed by atoms with Crippen molar-refractivity contribution < 1.29 is 19.4 Å². The quantitative estimate of drug-likeness (QED) is 0.165. The van der Waals surface area contributed by atoms with Crippen molar-refractivity contribution in [2.75, 3.05) is 6.61 Å². The second-order valence-corrected chi connectivity index (χ2v) is 13.2. The van der Waals surface area contributed by atoms with Gasteiger partial charge < -0.3 is 9.84 Å². The number of aromatic carboxylic acids is 1. The maximum absolute atomic E-state index is 12.1. The lowest BCUT2D eigenvalue weighted by molar-refractivity contribution is 0.0525. The van der Waals surface area contributed by atoms with Gasteiger partial charge in [0.1, 0.15) is 0 Å². The predicted molar refractivity (Wildman–Crippen MR) is 189 cm³/mol. The molecular weight excluding hydrogens is 706 g/mol. The third-order valence-corrected chi connectivity index (χ3v) is 9.52. The molecule has 0 bridgehead atoms. The molecule has 0 spiro atoms. The van der Waals surface area contributed by atoms with E-state index in [1.807, 2.05) is 60.7 Å². The third-order valence-electron chi connectivity index (χ3n) is 6.34. The van der Waals surface area contributed by atoms with E-state index in [-0.39, 0.29) is 5.01 Å². The fourth-order valence-corrected chi connectivity index (χ4v) is 6.63. The van der Waals surface area contributed by atoms with E-state index in [1.165, 1.54) is 11.3 Å². The number of aromatic nitrogens is 2. The van der Waals surface area contributed by atoms with E-state index < -0.39 is 11.9 Å². The van der Waals surface area contributed by atoms with Crippen LogP contribution in [0, 0.1) is 0 Å². The standard InChI is InChI=1S/C18H13Cl2NO2S.C16H9Cl2NO2S/c1-2-23-18(22)17-21-15(11-3-7-13(19)8-4-11)16(24-17)12-5-9-14(20)10-6-12;17-11-5-1-9(2-6-11)13-14(22-15(19-13)16(20)21)10-3-7-12(18)8-4-10/h3-10H,2H2,1H3;1-8H,(H,20,21). The number of nitrogens with zero attached hydrogens (tertiary/aromatic N) is 2. The van der Waals surface area contributed by atoms with Gasteiger partial charge in [-0.3, -0.25) is 0 Å². The number of carbonyl (C=O) groups is 2. The second kappa shape index (κ2) is 15.2. The summed E-state index contributed by atoms with van der Waals surface area (Å²) in [5, 5.41) is 12.1. The van der Waals surface area contributed by atoms with E-state index in [2.05, 4.69) is 9.97 Å². The molecule has 0 amide bonds. The number of hydrogen-bond donors (Lipinski definition) is 1. The molecule has 0 saturated heterocycles. The normalized spacial score (nSPS) is 10.6. The van der Waals surface area contributed by atoms with Crippen molar-refractivity contribution in [3.05, 3.63) is 127 Å². The number of rotatable bonds is 7. The molecule has 0 fully saturated rings. The molecule has 2 heterocycles. The van der Waals surface area contributed by atoms with E-state index >= 15 is 0 Å². The molecule has 0 radical (unpaired) electrons. The van der Waals surface area contributed by atoms with Crippen molar-refractivity contribution in [3.63, 3.8) is 0 Å². The van der Waals surface area contributed by atoms with E-state index in [0.717, 1.165) is 49.0 Å². The molecule has 46 heavy (non-hydrogen) atoms. The first kappa shape index (κ1) is 33.6. The van der Waals surface area contributed by atoms with Gasteiger partial charge in [0.05, 0.1) is 27.7 Å². The largest absolute Gasteiger partial charge is 0.476 e. The molecule has 1 N–H and O–H groups in total. The number of carboxylic acids is 1. The van der Waals surface area contributed by atoms with Gasteiger partial charge >= 0.3 is 11.9 Å². The number of ether oxygens (including phenoxy) is 1. The highest BCUT2D eigenvalue weighted by atomic mass is 35.5. The van der Waals surface area contributed by atoms with Crippen molar-refractivity contribution in [2.24, 2.45) is 0 Å². The predicted octanol–water partition coefficient (Wildman–Crippen LogP) is 11.4. The van der Waals surface area contributed by atoms with Crippen LogP contribution in [0.3, 0.4) is 0 Å². The Kier molecular flexibility index (Phi) is 11.1. The summed E-state index contributed by atoms with van der Waals surface area (Å²) in [6.07, 6.45) is 0. The zero-order valence-corrected chi connectivity index (χ0v) is 28.5. The van der Waals surface area contributed by atoms with Crippen molar-refractivity contribution in [2.45, 2.75) is 6.92 Å². The average Bonchev–Trinajstić information content (AvgIpc) is 3.70. The first-order valence-corrected chi connectivity index (χ1v) is 16.7. The Balaban J connectivity index is 0.000000182. The SMILES string of the molecule is CCOC(=O)c1nc(-c2ccc(Cl)cc2)c(-c2ccc(Cl)cc2)s1.O=C(O)c1nc(-c2ccc(Cl)cc2)c(-c2ccc(Cl)cc2)s1. The summed E-state index contributed by atoms with van der Waals surface area (Å²) in [7, 11) is 0. The Bertz CT molecular complexity index is 1850. The Morgan fingerprint density at radius 2 is 0.913 bits per heavy atom. The Hall–Kier alpha value is -3.76. The summed E-state index contributed by atoms with van der Waals surface area (Å²) >= 11 is 26.2. The summed E-state index contributed by atoms with van der Waals surface area (Å²) in [4.78, 5) is 33.7. The zero-order valence-electron chi connectivity index (χ0n) is 23.8. The molecule has 0 aliphatic carbocycles. The highest BCUT2D eigenvalue weighted by Crippen LogP contribution is 2.39. The van der Waals surface area contributed by atoms with Crippen molar-refractivity contribution >= 4 is 81.0 Å². The topological polar surface area (TPSA) is 89.4 Å². The van der Waals surface area contributed by atoms with Crippen LogP contribution in [0.2, 0.25) is 20.1 Å². The van der Waals surface area contributed by atoms with Crippen LogP contribution in [0.1, 0.15) is 26.5 Å². The van der Waals surface area contributed by atoms with Crippen molar-refractivity contribution in [1.82, 2.24) is 9.97 Å². The molecule has 232 valence electrons. The highest BCUT2D eigenvalue weighted by Gasteiger charge is 2.21. The van der Waals surface area contributed by atoms with Gasteiger partial charge in [-0.25, -0.2) is 19.6 Å². The van der Waals surface area contributed by atoms with Crippen LogP contribution in [0.5, 0.6) is 0 Å². The molecule has 0 saturated carbocycles. The first-order valence-electron chi connectivity index (χ1n) is 13.6. The van der Waals surface area contributed by atoms with Gasteiger partial charge in [0.2, 0.25) is 10.0 Å². The molecular formula is C34H22Cl4N2O4S2. The average molecular weight is 729 g/mol. The van der Waals surface area contributed by atoms with E-state index in [1.54, 1.807) is 43.3 Å². The van der Waals surface area contributed by atoms with Gasteiger partial charge in [-0.15, -0.1) is 22.7 Å². The minimum atomic E-state index is -1.04. The lowest BCUT2D eigenvalue weighted by Crippen LogP contribution is -2.03. The molecule has 6 nitrogen and oxygen atoms in total. The number of hydrogen-bond acceptors (Lipinski definition) is 7. The molecule has 12 heteroatoms. The van der Waals surface area contributed by atoms with Crippen LogP contribution < -0.4 is 0 Å². The third kappa shape index (κ3) is 8.14.